The zero-order valence-electron chi connectivity index (χ0n) is 27.1. The molecule has 0 aliphatic heterocycles. The molecule has 50 heavy (non-hydrogen) atoms. The molecule has 234 valence electrons. The molecule has 8 aromatic carbocycles. The highest BCUT2D eigenvalue weighted by atomic mass is 15.2. The Morgan fingerprint density at radius 3 is 1.08 bits per heavy atom. The summed E-state index contributed by atoms with van der Waals surface area (Å²) in [7, 11) is 0. The Morgan fingerprint density at radius 1 is 0.300 bits per heavy atom. The minimum atomic E-state index is 0.973. The van der Waals surface area contributed by atoms with Crippen LogP contribution in [0, 0.1) is 0 Å². The van der Waals surface area contributed by atoms with Crippen molar-refractivity contribution >= 4 is 88.2 Å². The number of anilines is 6. The van der Waals surface area contributed by atoms with E-state index in [4.69, 9.17) is 9.97 Å². The van der Waals surface area contributed by atoms with Gasteiger partial charge in [-0.25, -0.2) is 0 Å². The molecular weight excluding hydrogens is 609 g/mol. The number of nitrogens with zero attached hydrogens (tertiary/aromatic N) is 4. The van der Waals surface area contributed by atoms with Crippen molar-refractivity contribution in [3.05, 3.63) is 182 Å². The van der Waals surface area contributed by atoms with Crippen LogP contribution in [0.15, 0.2) is 182 Å². The minimum Gasteiger partial charge on any atom is -0.308 e. The third-order valence-corrected chi connectivity index (χ3v) is 9.75. The normalized spacial score (nSPS) is 11.6. The second-order valence-electron chi connectivity index (χ2n) is 12.7. The summed E-state index contributed by atoms with van der Waals surface area (Å²) in [6.07, 6.45) is 3.75. The molecule has 0 atom stereocenters. The molecule has 4 heteroatoms. The molecule has 0 aliphatic rings. The Bertz CT molecular complexity index is 2560. The van der Waals surface area contributed by atoms with Crippen molar-refractivity contribution in [3.8, 4) is 0 Å². The van der Waals surface area contributed by atoms with Gasteiger partial charge in [0.25, 0.3) is 0 Å². The standard InChI is InChI=1S/C46H30N4/c1-3-15-37(16-4-1)49(41-19-7-11-31-13-9-25-47-45(31)41)39-27-33-21-23-35-29-40(30-36-24-22-34(28-39)43(33)44(35)36)50(38-17-5-2-6-18-38)42-20-8-12-32-14-10-26-48-46(32)42/h1-30H. The number of para-hydroxylation sites is 4. The van der Waals surface area contributed by atoms with E-state index >= 15 is 0 Å². The summed E-state index contributed by atoms with van der Waals surface area (Å²) >= 11 is 0. The predicted octanol–water partition coefficient (Wildman–Crippen LogP) is 12.6. The van der Waals surface area contributed by atoms with Gasteiger partial charge >= 0.3 is 0 Å². The highest BCUT2D eigenvalue weighted by molar-refractivity contribution is 6.25. The van der Waals surface area contributed by atoms with E-state index in [2.05, 4.69) is 168 Å². The van der Waals surface area contributed by atoms with Crippen LogP contribution in [-0.4, -0.2) is 9.97 Å². The number of aromatic nitrogens is 2. The average Bonchev–Trinajstić information content (AvgIpc) is 3.18. The largest absolute Gasteiger partial charge is 0.308 e. The first-order valence-electron chi connectivity index (χ1n) is 16.9. The van der Waals surface area contributed by atoms with Crippen LogP contribution in [0.3, 0.4) is 0 Å². The Kier molecular flexibility index (Phi) is 6.46. The number of fused-ring (bicyclic) bond motifs is 2. The van der Waals surface area contributed by atoms with Crippen molar-refractivity contribution in [2.75, 3.05) is 9.80 Å². The van der Waals surface area contributed by atoms with Crippen LogP contribution in [0.2, 0.25) is 0 Å². The fourth-order valence-corrected chi connectivity index (χ4v) is 7.61. The molecule has 0 saturated carbocycles. The molecule has 2 aromatic heterocycles. The van der Waals surface area contributed by atoms with Crippen LogP contribution in [0.25, 0.3) is 54.1 Å². The van der Waals surface area contributed by atoms with Crippen molar-refractivity contribution < 1.29 is 0 Å². The molecule has 10 rings (SSSR count). The first-order chi connectivity index (χ1) is 24.8. The molecule has 0 radical (unpaired) electrons. The maximum absolute atomic E-state index is 4.83. The van der Waals surface area contributed by atoms with E-state index in [-0.39, 0.29) is 0 Å². The van der Waals surface area contributed by atoms with Crippen molar-refractivity contribution in [3.63, 3.8) is 0 Å². The van der Waals surface area contributed by atoms with Gasteiger partial charge in [0.1, 0.15) is 0 Å². The topological polar surface area (TPSA) is 32.3 Å². The van der Waals surface area contributed by atoms with E-state index in [1.807, 2.05) is 24.5 Å². The maximum Gasteiger partial charge on any atom is 0.0942 e. The number of hydrogen-bond acceptors (Lipinski definition) is 4. The van der Waals surface area contributed by atoms with Crippen LogP contribution in [0.4, 0.5) is 34.1 Å². The molecule has 0 amide bonds. The lowest BCUT2D eigenvalue weighted by molar-refractivity contribution is 1.28. The summed E-state index contributed by atoms with van der Waals surface area (Å²) in [5.41, 5.74) is 8.42. The van der Waals surface area contributed by atoms with Crippen LogP contribution >= 0.6 is 0 Å². The van der Waals surface area contributed by atoms with Gasteiger partial charge < -0.3 is 9.80 Å². The number of hydrogen-bond donors (Lipinski definition) is 0. The highest BCUT2D eigenvalue weighted by Crippen LogP contribution is 2.45. The lowest BCUT2D eigenvalue weighted by Gasteiger charge is -2.28. The summed E-state index contributed by atoms with van der Waals surface area (Å²) in [6.45, 7) is 0. The second-order valence-corrected chi connectivity index (χ2v) is 12.7. The van der Waals surface area contributed by atoms with Gasteiger partial charge in [-0.15, -0.1) is 0 Å². The SMILES string of the molecule is c1ccc(N(c2cc3ccc4cc(N(c5ccccc5)c5cccc6cccnc56)cc5ccc(c2)c3c45)c2cccc3cccnc23)cc1. The van der Waals surface area contributed by atoms with Crippen molar-refractivity contribution in [1.82, 2.24) is 9.97 Å². The summed E-state index contributed by atoms with van der Waals surface area (Å²) in [5, 5.41) is 9.60. The van der Waals surface area contributed by atoms with Crippen molar-refractivity contribution in [2.24, 2.45) is 0 Å². The number of pyridine rings is 2. The Hall–Kier alpha value is -6.78. The van der Waals surface area contributed by atoms with Gasteiger partial charge in [0.2, 0.25) is 0 Å². The minimum absolute atomic E-state index is 0.973. The second kappa shape index (κ2) is 11.4. The Balaban J connectivity index is 1.18. The molecule has 0 saturated heterocycles. The van der Waals surface area contributed by atoms with Gasteiger partial charge in [0, 0.05) is 45.9 Å². The van der Waals surface area contributed by atoms with Gasteiger partial charge in [-0.05, 0) is 105 Å². The third kappa shape index (κ3) is 4.54. The van der Waals surface area contributed by atoms with Crippen LogP contribution in [0.5, 0.6) is 0 Å². The molecule has 0 spiro atoms. The summed E-state index contributed by atoms with van der Waals surface area (Å²) in [5.74, 6) is 0. The third-order valence-electron chi connectivity index (χ3n) is 9.75. The summed E-state index contributed by atoms with van der Waals surface area (Å²) in [4.78, 5) is 14.3. The van der Waals surface area contributed by atoms with E-state index < -0.39 is 0 Å². The quantitative estimate of drug-likeness (QED) is 0.170. The molecule has 0 bridgehead atoms. The summed E-state index contributed by atoms with van der Waals surface area (Å²) < 4.78 is 0. The highest BCUT2D eigenvalue weighted by Gasteiger charge is 2.21. The van der Waals surface area contributed by atoms with Crippen LogP contribution < -0.4 is 9.80 Å². The van der Waals surface area contributed by atoms with Gasteiger partial charge in [-0.3, -0.25) is 9.97 Å². The first kappa shape index (κ1) is 28.3. The van der Waals surface area contributed by atoms with Crippen molar-refractivity contribution in [1.29, 1.82) is 0 Å². The average molecular weight is 639 g/mol. The lowest BCUT2D eigenvalue weighted by Crippen LogP contribution is -2.11. The fraction of sp³-hybridized carbons (Fsp3) is 0. The van der Waals surface area contributed by atoms with Crippen LogP contribution in [-0.2, 0) is 0 Å². The van der Waals surface area contributed by atoms with Crippen LogP contribution in [0.1, 0.15) is 0 Å². The molecule has 0 N–H and O–H groups in total. The predicted molar refractivity (Wildman–Crippen MR) is 210 cm³/mol. The van der Waals surface area contributed by atoms with Gasteiger partial charge in [-0.2, -0.15) is 0 Å². The van der Waals surface area contributed by atoms with Gasteiger partial charge in [0.15, 0.2) is 0 Å². The first-order valence-corrected chi connectivity index (χ1v) is 16.9. The zero-order chi connectivity index (χ0) is 33.0. The zero-order valence-corrected chi connectivity index (χ0v) is 27.1. The maximum atomic E-state index is 4.83. The summed E-state index contributed by atoms with van der Waals surface area (Å²) in [6, 6.07) is 60.6. The van der Waals surface area contributed by atoms with E-state index in [9.17, 15) is 0 Å². The smallest absolute Gasteiger partial charge is 0.0942 e. The molecule has 4 nitrogen and oxygen atoms in total. The molecular formula is C46H30N4. The van der Waals surface area contributed by atoms with E-state index in [1.165, 1.54) is 32.3 Å². The molecule has 2 heterocycles. The van der Waals surface area contributed by atoms with E-state index in [0.29, 0.717) is 0 Å². The monoisotopic (exact) mass is 638 g/mol. The molecule has 10 aromatic rings. The van der Waals surface area contributed by atoms with E-state index in [0.717, 1.165) is 55.9 Å². The Morgan fingerprint density at radius 2 is 0.680 bits per heavy atom. The van der Waals surface area contributed by atoms with Crippen molar-refractivity contribution in [2.45, 2.75) is 0 Å². The number of rotatable bonds is 6. The Labute approximate surface area is 289 Å². The molecule has 0 fully saturated rings. The molecule has 0 aliphatic carbocycles. The number of benzene rings is 8. The molecule has 0 unspecified atom stereocenters. The van der Waals surface area contributed by atoms with Gasteiger partial charge in [0.05, 0.1) is 22.4 Å². The fourth-order valence-electron chi connectivity index (χ4n) is 7.61. The van der Waals surface area contributed by atoms with Gasteiger partial charge in [-0.1, -0.05) is 97.1 Å². The van der Waals surface area contributed by atoms with E-state index in [1.54, 1.807) is 0 Å². The lowest BCUT2D eigenvalue weighted by atomic mass is 9.92.